The van der Waals surface area contributed by atoms with Crippen LogP contribution in [-0.4, -0.2) is 42.8 Å². The Morgan fingerprint density at radius 2 is 1.80 bits per heavy atom. The number of benzodiazepines with no additional fused rings is 1. The SMILES string of the molecule is N=C(OC(N)=NC1N=C(c2ccccc2)c2ccccc2NC1=O)C1CCNCC1. The highest BCUT2D eigenvalue weighted by molar-refractivity contribution is 6.19. The van der Waals surface area contributed by atoms with Crippen LogP contribution in [0.25, 0.3) is 0 Å². The first-order valence-corrected chi connectivity index (χ1v) is 9.95. The predicted octanol–water partition coefficient (Wildman–Crippen LogP) is 2.11. The van der Waals surface area contributed by atoms with E-state index in [4.69, 9.17) is 15.9 Å². The van der Waals surface area contributed by atoms with E-state index in [0.29, 0.717) is 11.4 Å². The van der Waals surface area contributed by atoms with Gasteiger partial charge in [0.05, 0.1) is 11.4 Å². The van der Waals surface area contributed by atoms with Gasteiger partial charge in [0.25, 0.3) is 11.9 Å². The van der Waals surface area contributed by atoms with Gasteiger partial charge in [0.15, 0.2) is 5.90 Å². The molecule has 2 aliphatic heterocycles. The molecule has 0 spiro atoms. The summed E-state index contributed by atoms with van der Waals surface area (Å²) in [6.07, 6.45) is 0.497. The number of anilines is 1. The van der Waals surface area contributed by atoms with Gasteiger partial charge in [0, 0.05) is 17.0 Å². The molecule has 0 bridgehead atoms. The Labute approximate surface area is 174 Å². The maximum Gasteiger partial charge on any atom is 0.291 e. The van der Waals surface area contributed by atoms with Gasteiger partial charge in [0.1, 0.15) is 0 Å². The summed E-state index contributed by atoms with van der Waals surface area (Å²) in [5, 5.41) is 14.3. The van der Waals surface area contributed by atoms with E-state index in [1.54, 1.807) is 0 Å². The number of aliphatic imine (C=N–C) groups is 2. The quantitative estimate of drug-likeness (QED) is 0.462. The van der Waals surface area contributed by atoms with E-state index in [9.17, 15) is 4.79 Å². The summed E-state index contributed by atoms with van der Waals surface area (Å²) in [4.78, 5) is 21.6. The molecular weight excluding hydrogens is 380 g/mol. The average Bonchev–Trinajstić information content (AvgIpc) is 2.91. The largest absolute Gasteiger partial charge is 0.412 e. The highest BCUT2D eigenvalue weighted by Gasteiger charge is 2.26. The van der Waals surface area contributed by atoms with Crippen LogP contribution in [0.2, 0.25) is 0 Å². The Balaban J connectivity index is 1.63. The van der Waals surface area contributed by atoms with Crippen LogP contribution >= 0.6 is 0 Å². The number of benzene rings is 2. The van der Waals surface area contributed by atoms with E-state index in [1.807, 2.05) is 54.6 Å². The molecule has 30 heavy (non-hydrogen) atoms. The summed E-state index contributed by atoms with van der Waals surface area (Å²) in [6, 6.07) is 16.8. The van der Waals surface area contributed by atoms with Crippen LogP contribution in [0.15, 0.2) is 64.6 Å². The molecule has 1 amide bonds. The van der Waals surface area contributed by atoms with Gasteiger partial charge in [-0.1, -0.05) is 48.5 Å². The molecule has 1 atom stereocenters. The van der Waals surface area contributed by atoms with Gasteiger partial charge in [-0.15, -0.1) is 0 Å². The van der Waals surface area contributed by atoms with Crippen LogP contribution in [0.5, 0.6) is 0 Å². The summed E-state index contributed by atoms with van der Waals surface area (Å²) in [7, 11) is 0. The monoisotopic (exact) mass is 404 g/mol. The number of amidine groups is 1. The predicted molar refractivity (Wildman–Crippen MR) is 117 cm³/mol. The number of nitrogens with one attached hydrogen (secondary N) is 3. The zero-order chi connectivity index (χ0) is 20.9. The number of nitrogens with zero attached hydrogens (tertiary/aromatic N) is 2. The molecule has 0 radical (unpaired) electrons. The first-order valence-electron chi connectivity index (χ1n) is 9.95. The number of hydrogen-bond acceptors (Lipinski definition) is 6. The zero-order valence-corrected chi connectivity index (χ0v) is 16.5. The minimum atomic E-state index is -1.12. The third kappa shape index (κ3) is 4.38. The molecule has 0 saturated carbocycles. The lowest BCUT2D eigenvalue weighted by Crippen LogP contribution is -2.35. The molecule has 154 valence electrons. The van der Waals surface area contributed by atoms with Crippen LogP contribution in [0.3, 0.4) is 0 Å². The van der Waals surface area contributed by atoms with Crippen molar-refractivity contribution in [3.05, 3.63) is 65.7 Å². The fourth-order valence-electron chi connectivity index (χ4n) is 3.59. The number of nitrogens with two attached hydrogens (primary N) is 1. The summed E-state index contributed by atoms with van der Waals surface area (Å²) in [6.45, 7) is 1.67. The lowest BCUT2D eigenvalue weighted by Gasteiger charge is -2.22. The second kappa shape index (κ2) is 8.87. The number of hydrogen-bond donors (Lipinski definition) is 4. The molecular formula is C22H24N6O2. The van der Waals surface area contributed by atoms with Crippen molar-refractivity contribution in [1.29, 1.82) is 5.41 Å². The number of amides is 1. The van der Waals surface area contributed by atoms with Crippen molar-refractivity contribution in [2.75, 3.05) is 18.4 Å². The van der Waals surface area contributed by atoms with Crippen molar-refractivity contribution >= 4 is 29.2 Å². The van der Waals surface area contributed by atoms with Crippen molar-refractivity contribution in [3.8, 4) is 0 Å². The van der Waals surface area contributed by atoms with E-state index in [1.165, 1.54) is 0 Å². The smallest absolute Gasteiger partial charge is 0.291 e. The highest BCUT2D eigenvalue weighted by atomic mass is 16.5. The van der Waals surface area contributed by atoms with Crippen molar-refractivity contribution < 1.29 is 9.53 Å². The van der Waals surface area contributed by atoms with Crippen molar-refractivity contribution in [1.82, 2.24) is 5.32 Å². The van der Waals surface area contributed by atoms with Gasteiger partial charge in [-0.25, -0.2) is 4.99 Å². The summed E-state index contributed by atoms with van der Waals surface area (Å²) >= 11 is 0. The topological polar surface area (TPSA) is 125 Å². The average molecular weight is 404 g/mol. The molecule has 0 aliphatic carbocycles. The lowest BCUT2D eigenvalue weighted by molar-refractivity contribution is -0.117. The molecule has 0 aromatic heterocycles. The Hall–Kier alpha value is -3.52. The standard InChI is InChI=1S/C22H24N6O2/c23-19(15-10-12-25-13-11-15)30-22(24)28-20-21(29)26-17-9-5-4-8-16(17)18(27-20)14-6-2-1-3-7-14/h1-9,15,20,23,25H,10-13H2,(H2,24,28)(H,26,29). The fourth-order valence-corrected chi connectivity index (χ4v) is 3.59. The maximum absolute atomic E-state index is 12.8. The normalized spacial score (nSPS) is 19.9. The first-order chi connectivity index (χ1) is 14.6. The molecule has 8 heteroatoms. The molecule has 1 unspecified atom stereocenters. The van der Waals surface area contributed by atoms with E-state index in [2.05, 4.69) is 20.6 Å². The number of para-hydroxylation sites is 1. The number of carbonyl (C=O) groups excluding carboxylic acids is 1. The number of ether oxygens (including phenoxy) is 1. The second-order valence-electron chi connectivity index (χ2n) is 7.21. The van der Waals surface area contributed by atoms with Gasteiger partial charge in [-0.3, -0.25) is 10.2 Å². The van der Waals surface area contributed by atoms with Gasteiger partial charge in [0.2, 0.25) is 6.17 Å². The molecule has 2 aliphatic rings. The van der Waals surface area contributed by atoms with Gasteiger partial charge in [-0.2, -0.15) is 4.99 Å². The van der Waals surface area contributed by atoms with E-state index in [-0.39, 0.29) is 17.8 Å². The Morgan fingerprint density at radius 3 is 2.57 bits per heavy atom. The molecule has 4 rings (SSSR count). The Morgan fingerprint density at radius 1 is 1.10 bits per heavy atom. The van der Waals surface area contributed by atoms with Crippen LogP contribution in [0.4, 0.5) is 5.69 Å². The number of carbonyl (C=O) groups is 1. The summed E-state index contributed by atoms with van der Waals surface area (Å²) in [5.41, 5.74) is 8.90. The van der Waals surface area contributed by atoms with Crippen LogP contribution in [-0.2, 0) is 9.53 Å². The van der Waals surface area contributed by atoms with E-state index >= 15 is 0 Å². The summed E-state index contributed by atoms with van der Waals surface area (Å²) in [5.74, 6) is -0.341. The molecule has 2 aromatic rings. The molecule has 2 aromatic carbocycles. The van der Waals surface area contributed by atoms with Crippen molar-refractivity contribution in [2.24, 2.45) is 21.6 Å². The summed E-state index contributed by atoms with van der Waals surface area (Å²) < 4.78 is 5.43. The number of piperidine rings is 1. The molecule has 1 fully saturated rings. The lowest BCUT2D eigenvalue weighted by atomic mass is 9.98. The van der Waals surface area contributed by atoms with E-state index in [0.717, 1.165) is 37.1 Å². The van der Waals surface area contributed by atoms with Crippen LogP contribution in [0, 0.1) is 11.3 Å². The first kappa shape index (κ1) is 19.8. The van der Waals surface area contributed by atoms with Gasteiger partial charge >= 0.3 is 0 Å². The zero-order valence-electron chi connectivity index (χ0n) is 16.5. The van der Waals surface area contributed by atoms with Gasteiger partial charge in [-0.05, 0) is 32.0 Å². The van der Waals surface area contributed by atoms with Crippen LogP contribution in [0.1, 0.15) is 24.0 Å². The van der Waals surface area contributed by atoms with Gasteiger partial charge < -0.3 is 21.1 Å². The van der Waals surface area contributed by atoms with Crippen LogP contribution < -0.4 is 16.4 Å². The molecule has 1 saturated heterocycles. The Kier molecular flexibility index (Phi) is 5.85. The fraction of sp³-hybridized carbons (Fsp3) is 0.273. The minimum Gasteiger partial charge on any atom is -0.412 e. The minimum absolute atomic E-state index is 0.00408. The number of rotatable bonds is 3. The highest BCUT2D eigenvalue weighted by Crippen LogP contribution is 2.24. The third-order valence-electron chi connectivity index (χ3n) is 5.15. The molecule has 5 N–H and O–H groups in total. The number of fused-ring (bicyclic) bond motifs is 1. The Bertz CT molecular complexity index is 996. The molecule has 8 nitrogen and oxygen atoms in total. The van der Waals surface area contributed by atoms with Crippen molar-refractivity contribution in [2.45, 2.75) is 19.0 Å². The van der Waals surface area contributed by atoms with E-state index < -0.39 is 12.1 Å². The second-order valence-corrected chi connectivity index (χ2v) is 7.21. The van der Waals surface area contributed by atoms with Crippen molar-refractivity contribution in [3.63, 3.8) is 0 Å². The third-order valence-corrected chi connectivity index (χ3v) is 5.15. The molecule has 2 heterocycles. The maximum atomic E-state index is 12.8.